The van der Waals surface area contributed by atoms with Crippen molar-refractivity contribution < 1.29 is 4.74 Å². The van der Waals surface area contributed by atoms with Gasteiger partial charge in [0.15, 0.2) is 0 Å². The van der Waals surface area contributed by atoms with Crippen LogP contribution in [0.25, 0.3) is 10.8 Å². The average Bonchev–Trinajstić information content (AvgIpc) is 2.43. The van der Waals surface area contributed by atoms with E-state index in [0.29, 0.717) is 0 Å². The monoisotopic (exact) mass is 239 g/mol. The zero-order chi connectivity index (χ0) is 13.0. The number of rotatable bonds is 4. The van der Waals surface area contributed by atoms with Gasteiger partial charge in [-0.1, -0.05) is 24.1 Å². The van der Waals surface area contributed by atoms with E-state index in [2.05, 4.69) is 35.5 Å². The summed E-state index contributed by atoms with van der Waals surface area (Å²) in [6.07, 6.45) is 5.33. The van der Waals surface area contributed by atoms with Crippen molar-refractivity contribution >= 4 is 10.8 Å². The summed E-state index contributed by atoms with van der Waals surface area (Å²) in [5, 5.41) is 5.67. The first-order valence-corrected chi connectivity index (χ1v) is 5.99. The van der Waals surface area contributed by atoms with Gasteiger partial charge in [0.2, 0.25) is 0 Å². The van der Waals surface area contributed by atoms with Crippen molar-refractivity contribution in [1.82, 2.24) is 5.32 Å². The molecular weight excluding hydrogens is 222 g/mol. The predicted octanol–water partition coefficient (Wildman–Crippen LogP) is 2.96. The van der Waals surface area contributed by atoms with Crippen LogP contribution in [0.15, 0.2) is 36.4 Å². The molecule has 0 aliphatic carbocycles. The maximum absolute atomic E-state index is 5.33. The maximum atomic E-state index is 5.33. The Morgan fingerprint density at radius 3 is 2.67 bits per heavy atom. The summed E-state index contributed by atoms with van der Waals surface area (Å²) >= 11 is 0. The SMILES string of the molecule is C#CC(C)NCc1ccc2cc(OC)ccc2c1. The lowest BCUT2D eigenvalue weighted by Crippen LogP contribution is -2.23. The van der Waals surface area contributed by atoms with Crippen LogP contribution < -0.4 is 10.1 Å². The van der Waals surface area contributed by atoms with Gasteiger partial charge in [-0.3, -0.25) is 5.32 Å². The highest BCUT2D eigenvalue weighted by molar-refractivity contribution is 5.84. The van der Waals surface area contributed by atoms with E-state index >= 15 is 0 Å². The summed E-state index contributed by atoms with van der Waals surface area (Å²) < 4.78 is 5.21. The molecule has 1 unspecified atom stereocenters. The minimum absolute atomic E-state index is 0.0940. The predicted molar refractivity (Wildman–Crippen MR) is 75.6 cm³/mol. The van der Waals surface area contributed by atoms with E-state index in [1.54, 1.807) is 7.11 Å². The summed E-state index contributed by atoms with van der Waals surface area (Å²) in [4.78, 5) is 0. The van der Waals surface area contributed by atoms with E-state index in [-0.39, 0.29) is 6.04 Å². The molecule has 0 aliphatic heterocycles. The minimum atomic E-state index is 0.0940. The molecule has 0 saturated carbocycles. The van der Waals surface area contributed by atoms with Gasteiger partial charge in [-0.25, -0.2) is 0 Å². The molecule has 0 fully saturated rings. The highest BCUT2D eigenvalue weighted by Crippen LogP contribution is 2.21. The number of ether oxygens (including phenoxy) is 1. The molecular formula is C16H17NO. The number of fused-ring (bicyclic) bond motifs is 1. The molecule has 0 aromatic heterocycles. The average molecular weight is 239 g/mol. The van der Waals surface area contributed by atoms with Crippen LogP contribution in [0, 0.1) is 12.3 Å². The van der Waals surface area contributed by atoms with Crippen LogP contribution in [-0.2, 0) is 6.54 Å². The number of methoxy groups -OCH3 is 1. The van der Waals surface area contributed by atoms with Gasteiger partial charge in [-0.2, -0.15) is 0 Å². The van der Waals surface area contributed by atoms with Crippen molar-refractivity contribution in [3.05, 3.63) is 42.0 Å². The molecule has 0 radical (unpaired) electrons. The van der Waals surface area contributed by atoms with Crippen molar-refractivity contribution in [3.8, 4) is 18.1 Å². The van der Waals surface area contributed by atoms with Gasteiger partial charge < -0.3 is 4.74 Å². The summed E-state index contributed by atoms with van der Waals surface area (Å²) in [7, 11) is 1.68. The second-order valence-electron chi connectivity index (χ2n) is 4.32. The Morgan fingerprint density at radius 2 is 1.94 bits per heavy atom. The molecule has 1 atom stereocenters. The molecule has 0 saturated heterocycles. The first-order chi connectivity index (χ1) is 8.72. The number of benzene rings is 2. The molecule has 92 valence electrons. The standard InChI is InChI=1S/C16H17NO/c1-4-12(2)17-11-13-5-6-15-10-16(18-3)8-7-14(15)9-13/h1,5-10,12,17H,11H2,2-3H3. The lowest BCUT2D eigenvalue weighted by molar-refractivity contribution is 0.415. The molecule has 0 amide bonds. The van der Waals surface area contributed by atoms with Crippen molar-refractivity contribution in [2.45, 2.75) is 19.5 Å². The number of hydrogen-bond donors (Lipinski definition) is 1. The van der Waals surface area contributed by atoms with Crippen LogP contribution in [0.5, 0.6) is 5.75 Å². The summed E-state index contributed by atoms with van der Waals surface area (Å²) in [5.74, 6) is 3.54. The molecule has 18 heavy (non-hydrogen) atoms. The summed E-state index contributed by atoms with van der Waals surface area (Å²) in [6, 6.07) is 12.6. The van der Waals surface area contributed by atoms with E-state index in [0.717, 1.165) is 12.3 Å². The fraction of sp³-hybridized carbons (Fsp3) is 0.250. The zero-order valence-electron chi connectivity index (χ0n) is 10.7. The molecule has 2 rings (SSSR count). The molecule has 1 N–H and O–H groups in total. The van der Waals surface area contributed by atoms with Gasteiger partial charge in [-0.15, -0.1) is 6.42 Å². The highest BCUT2D eigenvalue weighted by atomic mass is 16.5. The van der Waals surface area contributed by atoms with Crippen LogP contribution >= 0.6 is 0 Å². The van der Waals surface area contributed by atoms with Crippen LogP contribution in [0.3, 0.4) is 0 Å². The van der Waals surface area contributed by atoms with Gasteiger partial charge in [-0.05, 0) is 41.5 Å². The smallest absolute Gasteiger partial charge is 0.119 e. The molecule has 0 bridgehead atoms. The molecule has 2 aromatic rings. The Balaban J connectivity index is 2.20. The Hall–Kier alpha value is -1.98. The van der Waals surface area contributed by atoms with Crippen LogP contribution in [0.4, 0.5) is 0 Å². The fourth-order valence-corrected chi connectivity index (χ4v) is 1.84. The second-order valence-corrected chi connectivity index (χ2v) is 4.32. The molecule has 2 aromatic carbocycles. The van der Waals surface area contributed by atoms with Crippen LogP contribution in [-0.4, -0.2) is 13.2 Å². The molecule has 0 spiro atoms. The lowest BCUT2D eigenvalue weighted by Gasteiger charge is -2.09. The van der Waals surface area contributed by atoms with Gasteiger partial charge in [0, 0.05) is 6.54 Å². The zero-order valence-corrected chi connectivity index (χ0v) is 10.7. The molecule has 0 heterocycles. The van der Waals surface area contributed by atoms with Gasteiger partial charge in [0.05, 0.1) is 13.2 Å². The molecule has 2 heteroatoms. The molecule has 0 aliphatic rings. The number of hydrogen-bond acceptors (Lipinski definition) is 2. The van der Waals surface area contributed by atoms with E-state index in [9.17, 15) is 0 Å². The van der Waals surface area contributed by atoms with Crippen molar-refractivity contribution in [3.63, 3.8) is 0 Å². The third-order valence-electron chi connectivity index (χ3n) is 2.97. The van der Waals surface area contributed by atoms with Crippen molar-refractivity contribution in [2.24, 2.45) is 0 Å². The third kappa shape index (κ3) is 2.82. The minimum Gasteiger partial charge on any atom is -0.497 e. The highest BCUT2D eigenvalue weighted by Gasteiger charge is 2.00. The van der Waals surface area contributed by atoms with E-state index in [4.69, 9.17) is 11.2 Å². The Morgan fingerprint density at radius 1 is 1.22 bits per heavy atom. The van der Waals surface area contributed by atoms with Gasteiger partial charge >= 0.3 is 0 Å². The van der Waals surface area contributed by atoms with E-state index in [1.165, 1.54) is 16.3 Å². The van der Waals surface area contributed by atoms with Gasteiger partial charge in [0.1, 0.15) is 5.75 Å². The number of nitrogens with one attached hydrogen (secondary N) is 1. The fourth-order valence-electron chi connectivity index (χ4n) is 1.84. The van der Waals surface area contributed by atoms with E-state index in [1.807, 2.05) is 19.1 Å². The van der Waals surface area contributed by atoms with Gasteiger partial charge in [0.25, 0.3) is 0 Å². The normalized spacial score (nSPS) is 12.1. The Kier molecular flexibility index (Phi) is 3.86. The van der Waals surface area contributed by atoms with E-state index < -0.39 is 0 Å². The Labute approximate surface area is 108 Å². The largest absolute Gasteiger partial charge is 0.497 e. The summed E-state index contributed by atoms with van der Waals surface area (Å²) in [6.45, 7) is 2.76. The topological polar surface area (TPSA) is 21.3 Å². The Bertz CT molecular complexity index is 583. The van der Waals surface area contributed by atoms with Crippen LogP contribution in [0.1, 0.15) is 12.5 Å². The first-order valence-electron chi connectivity index (χ1n) is 5.99. The molecule has 2 nitrogen and oxygen atoms in total. The maximum Gasteiger partial charge on any atom is 0.119 e. The van der Waals surface area contributed by atoms with Crippen molar-refractivity contribution in [2.75, 3.05) is 7.11 Å². The lowest BCUT2D eigenvalue weighted by atomic mass is 10.1. The summed E-state index contributed by atoms with van der Waals surface area (Å²) in [5.41, 5.74) is 1.23. The van der Waals surface area contributed by atoms with Crippen LogP contribution in [0.2, 0.25) is 0 Å². The third-order valence-corrected chi connectivity index (χ3v) is 2.97. The second kappa shape index (κ2) is 5.57. The quantitative estimate of drug-likeness (QED) is 0.828. The number of terminal acetylenes is 1. The first kappa shape index (κ1) is 12.5. The van der Waals surface area contributed by atoms with Crippen molar-refractivity contribution in [1.29, 1.82) is 0 Å².